The van der Waals surface area contributed by atoms with Gasteiger partial charge in [-0.25, -0.2) is 9.13 Å². The molecule has 0 fully saturated rings. The molecule has 5 nitrogen and oxygen atoms in total. The van der Waals surface area contributed by atoms with Crippen LogP contribution in [0.4, 0.5) is 0 Å². The number of rotatable bonds is 4. The first kappa shape index (κ1) is 18.7. The number of ketones is 1. The van der Waals surface area contributed by atoms with Gasteiger partial charge in [0, 0.05) is 17.5 Å². The Morgan fingerprint density at radius 1 is 1.18 bits per heavy atom. The Labute approximate surface area is 174 Å². The molecule has 1 N–H and O–H groups in total. The minimum Gasteiger partial charge on any atom is -1.00 e. The molecule has 0 saturated heterocycles. The van der Waals surface area contributed by atoms with Gasteiger partial charge in [0.1, 0.15) is 29.9 Å². The third kappa shape index (κ3) is 3.33. The molecule has 28 heavy (non-hydrogen) atoms. The summed E-state index contributed by atoms with van der Waals surface area (Å²) in [5.41, 5.74) is 4.69. The Hall–Kier alpha value is -2.60. The van der Waals surface area contributed by atoms with E-state index in [0.717, 1.165) is 31.6 Å². The molecule has 0 bridgehead atoms. The fourth-order valence-corrected chi connectivity index (χ4v) is 4.17. The van der Waals surface area contributed by atoms with Crippen molar-refractivity contribution < 1.29 is 36.2 Å². The van der Waals surface area contributed by atoms with Gasteiger partial charge in [-0.2, -0.15) is 0 Å². The van der Waals surface area contributed by atoms with Crippen LogP contribution in [0, 0.1) is 0 Å². The fraction of sp³-hybridized carbons (Fsp3) is 0.273. The molecule has 3 aromatic rings. The molecule has 0 radical (unpaired) electrons. The second-order valence-corrected chi connectivity index (χ2v) is 7.31. The van der Waals surface area contributed by atoms with Crippen LogP contribution in [0.3, 0.4) is 0 Å². The highest BCUT2D eigenvalue weighted by Gasteiger charge is 2.30. The SMILES string of the molecule is O=C(C[n+]1ccn(C2CCc3cc4c(cc32)OCC4)c1)c1ccc(O)cc1.[Br-]. The van der Waals surface area contributed by atoms with Gasteiger partial charge in [0.05, 0.1) is 6.61 Å². The van der Waals surface area contributed by atoms with Gasteiger partial charge in [-0.15, -0.1) is 0 Å². The zero-order chi connectivity index (χ0) is 18.4. The van der Waals surface area contributed by atoms with Crippen LogP contribution in [0.25, 0.3) is 0 Å². The Bertz CT molecular complexity index is 1030. The number of phenolic OH excluding ortho intramolecular Hbond substituents is 1. The number of benzene rings is 2. The van der Waals surface area contributed by atoms with Crippen LogP contribution in [0.1, 0.15) is 39.5 Å². The van der Waals surface area contributed by atoms with E-state index in [2.05, 4.69) is 16.7 Å². The summed E-state index contributed by atoms with van der Waals surface area (Å²) in [7, 11) is 0. The zero-order valence-electron chi connectivity index (χ0n) is 15.3. The number of aromatic nitrogens is 2. The number of nitrogens with zero attached hydrogens (tertiary/aromatic N) is 2. The van der Waals surface area contributed by atoms with Crippen molar-refractivity contribution in [2.75, 3.05) is 6.61 Å². The van der Waals surface area contributed by atoms with Gasteiger partial charge in [-0.3, -0.25) is 4.79 Å². The Morgan fingerprint density at radius 2 is 2.00 bits per heavy atom. The van der Waals surface area contributed by atoms with Crippen molar-refractivity contribution >= 4 is 5.78 Å². The molecule has 144 valence electrons. The smallest absolute Gasteiger partial charge is 0.244 e. The van der Waals surface area contributed by atoms with Crippen molar-refractivity contribution in [3.63, 3.8) is 0 Å². The monoisotopic (exact) mass is 440 g/mol. The third-order valence-corrected chi connectivity index (χ3v) is 5.58. The Morgan fingerprint density at radius 3 is 2.82 bits per heavy atom. The van der Waals surface area contributed by atoms with E-state index in [1.54, 1.807) is 24.3 Å². The van der Waals surface area contributed by atoms with E-state index < -0.39 is 0 Å². The molecular formula is C22H21BrN2O3. The number of phenols is 1. The van der Waals surface area contributed by atoms with Gasteiger partial charge in [0.15, 0.2) is 6.54 Å². The van der Waals surface area contributed by atoms with E-state index >= 15 is 0 Å². The van der Waals surface area contributed by atoms with Crippen molar-refractivity contribution in [3.8, 4) is 11.5 Å². The van der Waals surface area contributed by atoms with Gasteiger partial charge in [0.25, 0.3) is 0 Å². The van der Waals surface area contributed by atoms with Crippen LogP contribution >= 0.6 is 0 Å². The Balaban J connectivity index is 0.00000192. The molecule has 5 rings (SSSR count). The molecule has 2 aromatic carbocycles. The first-order valence-corrected chi connectivity index (χ1v) is 9.34. The van der Waals surface area contributed by atoms with Gasteiger partial charge in [-0.05, 0) is 54.3 Å². The highest BCUT2D eigenvalue weighted by Crippen LogP contribution is 2.39. The maximum absolute atomic E-state index is 12.5. The molecule has 0 spiro atoms. The van der Waals surface area contributed by atoms with Crippen LogP contribution in [-0.4, -0.2) is 22.1 Å². The first-order valence-electron chi connectivity index (χ1n) is 9.34. The number of ether oxygens (including phenoxy) is 1. The van der Waals surface area contributed by atoms with E-state index in [4.69, 9.17) is 4.74 Å². The lowest BCUT2D eigenvalue weighted by Gasteiger charge is -2.09. The van der Waals surface area contributed by atoms with Crippen molar-refractivity contribution in [2.24, 2.45) is 0 Å². The van der Waals surface area contributed by atoms with Crippen molar-refractivity contribution in [3.05, 3.63) is 77.4 Å². The molecule has 1 unspecified atom stereocenters. The topological polar surface area (TPSA) is 55.3 Å². The number of Topliss-reactive ketones (excluding diaryl/α,β-unsaturated/α-hetero) is 1. The third-order valence-electron chi connectivity index (χ3n) is 5.58. The highest BCUT2D eigenvalue weighted by molar-refractivity contribution is 5.95. The van der Waals surface area contributed by atoms with Gasteiger partial charge in [0.2, 0.25) is 12.1 Å². The van der Waals surface area contributed by atoms with Crippen molar-refractivity contribution in [1.29, 1.82) is 0 Å². The quantitative estimate of drug-likeness (QED) is 0.453. The van der Waals surface area contributed by atoms with Crippen LogP contribution in [0.2, 0.25) is 0 Å². The number of carbonyl (C=O) groups excluding carboxylic acids is 1. The predicted molar refractivity (Wildman–Crippen MR) is 99.2 cm³/mol. The number of hydrogen-bond donors (Lipinski definition) is 1. The normalized spacial score (nSPS) is 16.8. The molecule has 1 aliphatic heterocycles. The van der Waals surface area contributed by atoms with E-state index in [0.29, 0.717) is 11.6 Å². The number of aromatic hydroxyl groups is 1. The first-order chi connectivity index (χ1) is 13.2. The number of halogens is 1. The summed E-state index contributed by atoms with van der Waals surface area (Å²) in [6.07, 6.45) is 9.15. The average molecular weight is 441 g/mol. The molecule has 1 aliphatic carbocycles. The predicted octanol–water partition coefficient (Wildman–Crippen LogP) is -0.161. The number of imidazole rings is 1. The maximum atomic E-state index is 12.5. The number of fused-ring (bicyclic) bond motifs is 2. The lowest BCUT2D eigenvalue weighted by Crippen LogP contribution is -3.00. The molecular weight excluding hydrogens is 420 g/mol. The number of aryl methyl sites for hydroxylation is 1. The molecule has 0 saturated carbocycles. The van der Waals surface area contributed by atoms with E-state index in [9.17, 15) is 9.90 Å². The lowest BCUT2D eigenvalue weighted by molar-refractivity contribution is -0.682. The maximum Gasteiger partial charge on any atom is 0.244 e. The van der Waals surface area contributed by atoms with Crippen LogP contribution < -0.4 is 26.3 Å². The molecule has 1 atom stereocenters. The summed E-state index contributed by atoms with van der Waals surface area (Å²) in [4.78, 5) is 12.5. The minimum absolute atomic E-state index is 0. The molecule has 2 aliphatic rings. The second-order valence-electron chi connectivity index (χ2n) is 7.31. The number of hydrogen-bond acceptors (Lipinski definition) is 3. The van der Waals surface area contributed by atoms with E-state index in [1.165, 1.54) is 16.7 Å². The van der Waals surface area contributed by atoms with E-state index in [-0.39, 0.29) is 35.1 Å². The van der Waals surface area contributed by atoms with Gasteiger partial charge in [-0.1, -0.05) is 6.07 Å². The summed E-state index contributed by atoms with van der Waals surface area (Å²) in [6.45, 7) is 1.07. The van der Waals surface area contributed by atoms with Gasteiger partial charge >= 0.3 is 0 Å². The second kappa shape index (κ2) is 7.43. The molecule has 2 heterocycles. The summed E-state index contributed by atoms with van der Waals surface area (Å²) in [5, 5.41) is 9.36. The van der Waals surface area contributed by atoms with Gasteiger partial charge < -0.3 is 26.8 Å². The molecule has 6 heteroatoms. The number of carbonyl (C=O) groups is 1. The molecule has 1 aromatic heterocycles. The van der Waals surface area contributed by atoms with Crippen LogP contribution in [0.5, 0.6) is 11.5 Å². The Kier molecular flexibility index (Phi) is 4.98. The molecule has 0 amide bonds. The summed E-state index contributed by atoms with van der Waals surface area (Å²) >= 11 is 0. The van der Waals surface area contributed by atoms with Crippen molar-refractivity contribution in [2.45, 2.75) is 31.8 Å². The summed E-state index contributed by atoms with van der Waals surface area (Å²) in [5.74, 6) is 1.22. The lowest BCUT2D eigenvalue weighted by atomic mass is 10.0. The minimum atomic E-state index is 0. The van der Waals surface area contributed by atoms with Crippen LogP contribution in [0.15, 0.2) is 55.1 Å². The zero-order valence-corrected chi connectivity index (χ0v) is 16.9. The largest absolute Gasteiger partial charge is 1.00 e. The van der Waals surface area contributed by atoms with Crippen molar-refractivity contribution in [1.82, 2.24) is 4.57 Å². The summed E-state index contributed by atoms with van der Waals surface area (Å²) < 4.78 is 9.85. The highest BCUT2D eigenvalue weighted by atomic mass is 79.9. The van der Waals surface area contributed by atoms with E-state index in [1.807, 2.05) is 23.3 Å². The average Bonchev–Trinajstić information content (AvgIpc) is 3.39. The standard InChI is InChI=1S/C22H20N2O3.BrH/c25-18-4-1-15(2-5-18)21(26)13-23-8-9-24(14-23)20-6-3-16-11-17-7-10-27-22(17)12-19(16)20;/h1-2,4-5,8-9,11-12,14,20H,3,6-7,10,13H2;1H. The summed E-state index contributed by atoms with van der Waals surface area (Å²) in [6, 6.07) is 11.2. The fourth-order valence-electron chi connectivity index (χ4n) is 4.17. The van der Waals surface area contributed by atoms with Crippen LogP contribution in [-0.2, 0) is 19.4 Å².